The van der Waals surface area contributed by atoms with Gasteiger partial charge in [0.1, 0.15) is 0 Å². The molecule has 3 N–H and O–H groups in total. The van der Waals surface area contributed by atoms with Crippen LogP contribution in [0.25, 0.3) is 0 Å². The summed E-state index contributed by atoms with van der Waals surface area (Å²) in [6.07, 6.45) is 3.12. The van der Waals surface area contributed by atoms with Crippen molar-refractivity contribution in [3.63, 3.8) is 0 Å². The molecule has 3 amide bonds. The quantitative estimate of drug-likeness (QED) is 0.665. The van der Waals surface area contributed by atoms with E-state index in [2.05, 4.69) is 36.9 Å². The van der Waals surface area contributed by atoms with Crippen LogP contribution in [0.1, 0.15) is 57.0 Å². The molecule has 0 saturated carbocycles. The summed E-state index contributed by atoms with van der Waals surface area (Å²) >= 11 is 2.79. The van der Waals surface area contributed by atoms with E-state index in [0.717, 1.165) is 19.3 Å². The van der Waals surface area contributed by atoms with Crippen molar-refractivity contribution in [3.8, 4) is 0 Å². The second-order valence-electron chi connectivity index (χ2n) is 8.03. The minimum atomic E-state index is -0.479. The van der Waals surface area contributed by atoms with E-state index < -0.39 is 5.91 Å². The van der Waals surface area contributed by atoms with Crippen LogP contribution in [0.2, 0.25) is 0 Å². The minimum absolute atomic E-state index is 0.203. The Balaban J connectivity index is 1.48. The molecule has 2 aromatic rings. The first-order valence-electron chi connectivity index (χ1n) is 9.26. The maximum atomic E-state index is 12.4. The molecule has 2 aromatic heterocycles. The van der Waals surface area contributed by atoms with Gasteiger partial charge in [-0.3, -0.25) is 25.2 Å². The minimum Gasteiger partial charge on any atom is -0.342 e. The summed E-state index contributed by atoms with van der Waals surface area (Å²) in [4.78, 5) is 38.4. The van der Waals surface area contributed by atoms with E-state index in [9.17, 15) is 14.4 Å². The number of carbonyl (C=O) groups excluding carboxylic acids is 3. The average molecular weight is 420 g/mol. The van der Waals surface area contributed by atoms with E-state index in [0.29, 0.717) is 15.7 Å². The number of aryl methyl sites for hydroxylation is 1. The molecule has 2 heterocycles. The van der Waals surface area contributed by atoms with Crippen molar-refractivity contribution in [2.45, 2.75) is 40.0 Å². The Morgan fingerprint density at radius 2 is 1.93 bits per heavy atom. The first kappa shape index (κ1) is 20.5. The van der Waals surface area contributed by atoms with Gasteiger partial charge in [-0.1, -0.05) is 26.8 Å². The van der Waals surface area contributed by atoms with Crippen LogP contribution in [0, 0.1) is 11.3 Å². The third-order valence-electron chi connectivity index (χ3n) is 5.00. The van der Waals surface area contributed by atoms with Crippen molar-refractivity contribution in [1.29, 1.82) is 0 Å². The van der Waals surface area contributed by atoms with Crippen LogP contribution in [-0.4, -0.2) is 24.3 Å². The molecule has 0 saturated heterocycles. The normalized spacial score (nSPS) is 16.2. The summed E-state index contributed by atoms with van der Waals surface area (Å²) in [5.41, 5.74) is 6.28. The molecule has 0 aromatic carbocycles. The molecular weight excluding hydrogens is 394 g/mol. The Bertz CT molecular complexity index is 866. The number of hydrogen-bond donors (Lipinski definition) is 3. The van der Waals surface area contributed by atoms with Crippen LogP contribution in [-0.2, 0) is 17.6 Å². The lowest BCUT2D eigenvalue weighted by atomic mass is 9.72. The van der Waals surface area contributed by atoms with E-state index in [1.54, 1.807) is 17.5 Å². The standard InChI is InChI=1S/C20H25N3O3S2/c1-20(2,3)13-6-7-14-12(9-13)10-16(28-14)19(26)23-22-17(24)11-21-18(25)15-5-4-8-27-15/h4-5,8,10,13H,6-7,9,11H2,1-3H3,(H,21,25)(H,22,24)(H,23,26)/t13-/m0/s1. The summed E-state index contributed by atoms with van der Waals surface area (Å²) in [5.74, 6) is -0.509. The largest absolute Gasteiger partial charge is 0.342 e. The van der Waals surface area contributed by atoms with E-state index in [1.165, 1.54) is 33.1 Å². The highest BCUT2D eigenvalue weighted by Crippen LogP contribution is 2.40. The fraction of sp³-hybridized carbons (Fsp3) is 0.450. The number of fused-ring (bicyclic) bond motifs is 1. The molecular formula is C20H25N3O3S2. The zero-order chi connectivity index (χ0) is 20.3. The smallest absolute Gasteiger partial charge is 0.279 e. The predicted octanol–water partition coefficient (Wildman–Crippen LogP) is 3.15. The lowest BCUT2D eigenvalue weighted by molar-refractivity contribution is -0.120. The van der Waals surface area contributed by atoms with Gasteiger partial charge in [0, 0.05) is 4.88 Å². The molecule has 0 spiro atoms. The lowest BCUT2D eigenvalue weighted by Gasteiger charge is -2.33. The molecule has 0 bridgehead atoms. The van der Waals surface area contributed by atoms with E-state index >= 15 is 0 Å². The van der Waals surface area contributed by atoms with Gasteiger partial charge in [0.2, 0.25) is 0 Å². The van der Waals surface area contributed by atoms with Gasteiger partial charge in [-0.25, -0.2) is 0 Å². The van der Waals surface area contributed by atoms with Crippen LogP contribution < -0.4 is 16.2 Å². The Labute approximate surface area is 172 Å². The zero-order valence-electron chi connectivity index (χ0n) is 16.3. The lowest BCUT2D eigenvalue weighted by Crippen LogP contribution is -2.46. The molecule has 150 valence electrons. The van der Waals surface area contributed by atoms with Gasteiger partial charge in [0.15, 0.2) is 0 Å². The van der Waals surface area contributed by atoms with Gasteiger partial charge < -0.3 is 5.32 Å². The van der Waals surface area contributed by atoms with Gasteiger partial charge in [-0.2, -0.15) is 0 Å². The highest BCUT2D eigenvalue weighted by atomic mass is 32.1. The monoisotopic (exact) mass is 419 g/mol. The number of carbonyl (C=O) groups is 3. The number of rotatable bonds is 4. The van der Waals surface area contributed by atoms with E-state index in [-0.39, 0.29) is 23.8 Å². The molecule has 1 aliphatic carbocycles. The number of hydrogen-bond acceptors (Lipinski definition) is 5. The van der Waals surface area contributed by atoms with Gasteiger partial charge in [-0.15, -0.1) is 22.7 Å². The summed E-state index contributed by atoms with van der Waals surface area (Å²) in [7, 11) is 0. The first-order valence-corrected chi connectivity index (χ1v) is 11.0. The molecule has 0 aliphatic heterocycles. The maximum Gasteiger partial charge on any atom is 0.279 e. The van der Waals surface area contributed by atoms with Crippen molar-refractivity contribution < 1.29 is 14.4 Å². The topological polar surface area (TPSA) is 87.3 Å². The Morgan fingerprint density at radius 3 is 2.61 bits per heavy atom. The SMILES string of the molecule is CC(C)(C)[C@H]1CCc2sc(C(=O)NNC(=O)CNC(=O)c3cccs3)cc2C1. The summed E-state index contributed by atoms with van der Waals surface area (Å²) in [6, 6.07) is 5.39. The van der Waals surface area contributed by atoms with Crippen LogP contribution in [0.5, 0.6) is 0 Å². The van der Waals surface area contributed by atoms with Crippen LogP contribution >= 0.6 is 22.7 Å². The average Bonchev–Trinajstić information content (AvgIpc) is 3.32. The Morgan fingerprint density at radius 1 is 1.14 bits per heavy atom. The highest BCUT2D eigenvalue weighted by molar-refractivity contribution is 7.14. The predicted molar refractivity (Wildman–Crippen MR) is 112 cm³/mol. The zero-order valence-corrected chi connectivity index (χ0v) is 17.9. The Kier molecular flexibility index (Phi) is 6.20. The third kappa shape index (κ3) is 4.99. The second kappa shape index (κ2) is 8.45. The Hall–Kier alpha value is -2.19. The molecule has 1 aliphatic rings. The third-order valence-corrected chi connectivity index (χ3v) is 7.11. The summed E-state index contributed by atoms with van der Waals surface area (Å²) in [5, 5.41) is 4.31. The molecule has 28 heavy (non-hydrogen) atoms. The summed E-state index contributed by atoms with van der Waals surface area (Å²) < 4.78 is 0. The molecule has 3 rings (SSSR count). The number of thiophene rings is 2. The second-order valence-corrected chi connectivity index (χ2v) is 10.1. The van der Waals surface area contributed by atoms with Crippen molar-refractivity contribution in [2.24, 2.45) is 11.3 Å². The van der Waals surface area contributed by atoms with Crippen molar-refractivity contribution in [2.75, 3.05) is 6.54 Å². The van der Waals surface area contributed by atoms with E-state index in [4.69, 9.17) is 0 Å². The van der Waals surface area contributed by atoms with Crippen LogP contribution in [0.4, 0.5) is 0 Å². The fourth-order valence-corrected chi connectivity index (χ4v) is 5.01. The maximum absolute atomic E-state index is 12.4. The summed E-state index contributed by atoms with van der Waals surface area (Å²) in [6.45, 7) is 6.57. The van der Waals surface area contributed by atoms with Crippen molar-refractivity contribution >= 4 is 40.4 Å². The molecule has 0 radical (unpaired) electrons. The fourth-order valence-electron chi connectivity index (χ4n) is 3.26. The van der Waals surface area contributed by atoms with Gasteiger partial charge in [-0.05, 0) is 53.7 Å². The molecule has 6 nitrogen and oxygen atoms in total. The van der Waals surface area contributed by atoms with Crippen molar-refractivity contribution in [1.82, 2.24) is 16.2 Å². The van der Waals surface area contributed by atoms with Gasteiger partial charge in [0.05, 0.1) is 16.3 Å². The van der Waals surface area contributed by atoms with Gasteiger partial charge >= 0.3 is 0 Å². The molecule has 0 unspecified atom stereocenters. The first-order chi connectivity index (χ1) is 13.2. The molecule has 8 heteroatoms. The molecule has 0 fully saturated rings. The number of amides is 3. The van der Waals surface area contributed by atoms with Gasteiger partial charge in [0.25, 0.3) is 17.7 Å². The van der Waals surface area contributed by atoms with Crippen LogP contribution in [0.15, 0.2) is 23.6 Å². The van der Waals surface area contributed by atoms with Crippen molar-refractivity contribution in [3.05, 3.63) is 43.8 Å². The highest BCUT2D eigenvalue weighted by Gasteiger charge is 2.30. The number of hydrazine groups is 1. The number of nitrogens with one attached hydrogen (secondary N) is 3. The van der Waals surface area contributed by atoms with E-state index in [1.807, 2.05) is 6.07 Å². The molecule has 1 atom stereocenters. The van der Waals surface area contributed by atoms with Crippen LogP contribution in [0.3, 0.4) is 0 Å².